The van der Waals surface area contributed by atoms with E-state index >= 15 is 0 Å². The monoisotopic (exact) mass is 401 g/mol. The molecule has 0 spiro atoms. The molecule has 0 saturated carbocycles. The van der Waals surface area contributed by atoms with Gasteiger partial charge in [-0.1, -0.05) is 0 Å². The SMILES string of the molecule is COc1cc2ncc(-c3nc(N[C@@H]4CCCNC4)ncc3F)n2nc1C(C)(C)O. The van der Waals surface area contributed by atoms with Crippen LogP contribution >= 0.6 is 0 Å². The zero-order valence-corrected chi connectivity index (χ0v) is 16.6. The van der Waals surface area contributed by atoms with Crippen molar-refractivity contribution in [3.8, 4) is 17.1 Å². The molecule has 3 N–H and O–H groups in total. The Balaban J connectivity index is 1.76. The van der Waals surface area contributed by atoms with E-state index in [9.17, 15) is 9.50 Å². The van der Waals surface area contributed by atoms with E-state index in [1.165, 1.54) is 17.8 Å². The first-order chi connectivity index (χ1) is 13.9. The first kappa shape index (κ1) is 19.5. The van der Waals surface area contributed by atoms with Crippen LogP contribution in [-0.2, 0) is 5.60 Å². The summed E-state index contributed by atoms with van der Waals surface area (Å²) in [6, 6.07) is 1.84. The lowest BCUT2D eigenvalue weighted by atomic mass is 10.0. The Morgan fingerprint density at radius 1 is 1.34 bits per heavy atom. The molecule has 1 fully saturated rings. The number of fused-ring (bicyclic) bond motifs is 1. The fourth-order valence-corrected chi connectivity index (χ4v) is 3.41. The average Bonchev–Trinajstić information content (AvgIpc) is 3.11. The van der Waals surface area contributed by atoms with Crippen molar-refractivity contribution in [2.45, 2.75) is 38.3 Å². The van der Waals surface area contributed by atoms with Crippen LogP contribution in [0.15, 0.2) is 18.5 Å². The summed E-state index contributed by atoms with van der Waals surface area (Å²) in [6.45, 7) is 5.01. The molecule has 3 aromatic rings. The fraction of sp³-hybridized carbons (Fsp3) is 0.474. The highest BCUT2D eigenvalue weighted by Gasteiger charge is 2.26. The number of hydrogen-bond acceptors (Lipinski definition) is 8. The van der Waals surface area contributed by atoms with Crippen molar-refractivity contribution >= 4 is 11.6 Å². The second kappa shape index (κ2) is 7.53. The van der Waals surface area contributed by atoms with Crippen LogP contribution < -0.4 is 15.4 Å². The Hall–Kier alpha value is -2.85. The fourth-order valence-electron chi connectivity index (χ4n) is 3.41. The first-order valence-electron chi connectivity index (χ1n) is 9.52. The molecule has 0 bridgehead atoms. The number of nitrogens with zero attached hydrogens (tertiary/aromatic N) is 5. The molecule has 10 heteroatoms. The summed E-state index contributed by atoms with van der Waals surface area (Å²) < 4.78 is 21.4. The van der Waals surface area contributed by atoms with Crippen molar-refractivity contribution < 1.29 is 14.2 Å². The van der Waals surface area contributed by atoms with E-state index in [0.717, 1.165) is 32.1 Å². The molecular weight excluding hydrogens is 377 g/mol. The van der Waals surface area contributed by atoms with Gasteiger partial charge < -0.3 is 20.5 Å². The summed E-state index contributed by atoms with van der Waals surface area (Å²) in [5, 5.41) is 21.5. The summed E-state index contributed by atoms with van der Waals surface area (Å²) >= 11 is 0. The van der Waals surface area contributed by atoms with Crippen LogP contribution in [0.25, 0.3) is 17.0 Å². The Labute approximate surface area is 167 Å². The van der Waals surface area contributed by atoms with Crippen LogP contribution in [0, 0.1) is 5.82 Å². The minimum atomic E-state index is -1.26. The maximum Gasteiger partial charge on any atom is 0.223 e. The lowest BCUT2D eigenvalue weighted by Gasteiger charge is -2.23. The van der Waals surface area contributed by atoms with E-state index in [4.69, 9.17) is 4.74 Å². The van der Waals surface area contributed by atoms with E-state index in [-0.39, 0.29) is 11.7 Å². The van der Waals surface area contributed by atoms with Gasteiger partial charge >= 0.3 is 0 Å². The lowest BCUT2D eigenvalue weighted by molar-refractivity contribution is 0.0694. The third kappa shape index (κ3) is 3.85. The highest BCUT2D eigenvalue weighted by atomic mass is 19.1. The molecule has 3 aromatic heterocycles. The standard InChI is InChI=1S/C19H24FN7O2/c1-19(2,28)17-14(29-3)7-15-22-10-13(27(15)26-17)16-12(20)9-23-18(25-16)24-11-5-4-6-21-8-11/h7,9-11,21,28H,4-6,8H2,1-3H3,(H,23,24,25)/t11-/m1/s1. The molecule has 154 valence electrons. The van der Waals surface area contributed by atoms with Gasteiger partial charge in [0.1, 0.15) is 28.4 Å². The Bertz CT molecular complexity index is 1030. The van der Waals surface area contributed by atoms with E-state index in [0.29, 0.717) is 28.7 Å². The highest BCUT2D eigenvalue weighted by Crippen LogP contribution is 2.30. The van der Waals surface area contributed by atoms with Crippen molar-refractivity contribution in [2.24, 2.45) is 0 Å². The largest absolute Gasteiger partial charge is 0.495 e. The van der Waals surface area contributed by atoms with Crippen molar-refractivity contribution in [1.29, 1.82) is 0 Å². The molecule has 9 nitrogen and oxygen atoms in total. The minimum Gasteiger partial charge on any atom is -0.495 e. The number of ether oxygens (including phenoxy) is 1. The smallest absolute Gasteiger partial charge is 0.223 e. The van der Waals surface area contributed by atoms with Gasteiger partial charge in [-0.2, -0.15) is 5.10 Å². The van der Waals surface area contributed by atoms with Crippen LogP contribution in [0.3, 0.4) is 0 Å². The summed E-state index contributed by atoms with van der Waals surface area (Å²) in [4.78, 5) is 12.7. The zero-order valence-electron chi connectivity index (χ0n) is 16.6. The summed E-state index contributed by atoms with van der Waals surface area (Å²) in [5.74, 6) is 0.167. The zero-order chi connectivity index (χ0) is 20.6. The number of methoxy groups -OCH3 is 1. The maximum absolute atomic E-state index is 14.6. The summed E-state index contributed by atoms with van der Waals surface area (Å²) in [6.07, 6.45) is 4.69. The number of halogens is 1. The molecule has 0 radical (unpaired) electrons. The molecule has 29 heavy (non-hydrogen) atoms. The summed E-state index contributed by atoms with van der Waals surface area (Å²) in [7, 11) is 1.49. The van der Waals surface area contributed by atoms with Crippen LogP contribution in [0.5, 0.6) is 5.75 Å². The molecule has 0 aliphatic carbocycles. The number of rotatable bonds is 5. The van der Waals surface area contributed by atoms with Gasteiger partial charge in [0, 0.05) is 18.7 Å². The minimum absolute atomic E-state index is 0.0816. The molecule has 0 amide bonds. The third-order valence-corrected chi connectivity index (χ3v) is 4.87. The van der Waals surface area contributed by atoms with Gasteiger partial charge in [-0.15, -0.1) is 0 Å². The second-order valence-electron chi connectivity index (χ2n) is 7.61. The molecule has 0 unspecified atom stereocenters. The van der Waals surface area contributed by atoms with Crippen molar-refractivity contribution in [2.75, 3.05) is 25.5 Å². The average molecular weight is 401 g/mol. The number of imidazole rings is 1. The molecule has 0 aromatic carbocycles. The molecule has 1 saturated heterocycles. The lowest BCUT2D eigenvalue weighted by Crippen LogP contribution is -2.38. The highest BCUT2D eigenvalue weighted by molar-refractivity contribution is 5.62. The normalized spacial score (nSPS) is 17.5. The molecule has 1 aliphatic heterocycles. The maximum atomic E-state index is 14.6. The number of aromatic nitrogens is 5. The molecule has 1 atom stereocenters. The van der Waals surface area contributed by atoms with Gasteiger partial charge in [-0.3, -0.25) is 0 Å². The van der Waals surface area contributed by atoms with Gasteiger partial charge in [-0.25, -0.2) is 23.9 Å². The van der Waals surface area contributed by atoms with Gasteiger partial charge in [0.25, 0.3) is 0 Å². The summed E-state index contributed by atoms with van der Waals surface area (Å²) in [5.41, 5.74) is -0.0517. The molecule has 4 heterocycles. The van der Waals surface area contributed by atoms with Crippen LogP contribution in [-0.4, -0.2) is 55.9 Å². The van der Waals surface area contributed by atoms with E-state index in [2.05, 4.69) is 30.7 Å². The van der Waals surface area contributed by atoms with Crippen molar-refractivity contribution in [3.05, 3.63) is 30.0 Å². The number of aliphatic hydroxyl groups is 1. The van der Waals surface area contributed by atoms with E-state index < -0.39 is 11.4 Å². The predicted molar refractivity (Wildman–Crippen MR) is 105 cm³/mol. The number of anilines is 1. The van der Waals surface area contributed by atoms with Gasteiger partial charge in [0.05, 0.1) is 19.5 Å². The van der Waals surface area contributed by atoms with Crippen LogP contribution in [0.4, 0.5) is 10.3 Å². The Morgan fingerprint density at radius 3 is 2.86 bits per heavy atom. The molecule has 4 rings (SSSR count). The molecule has 1 aliphatic rings. The topological polar surface area (TPSA) is 109 Å². The van der Waals surface area contributed by atoms with Gasteiger partial charge in [-0.05, 0) is 33.2 Å². The van der Waals surface area contributed by atoms with Crippen LogP contribution in [0.2, 0.25) is 0 Å². The van der Waals surface area contributed by atoms with Crippen LogP contribution in [0.1, 0.15) is 32.4 Å². The number of nitrogens with one attached hydrogen (secondary N) is 2. The number of piperidine rings is 1. The second-order valence-corrected chi connectivity index (χ2v) is 7.61. The van der Waals surface area contributed by atoms with Gasteiger partial charge in [0.15, 0.2) is 11.5 Å². The van der Waals surface area contributed by atoms with Crippen molar-refractivity contribution in [3.63, 3.8) is 0 Å². The van der Waals surface area contributed by atoms with E-state index in [1.54, 1.807) is 19.9 Å². The number of hydrogen-bond donors (Lipinski definition) is 3. The van der Waals surface area contributed by atoms with E-state index in [1.807, 2.05) is 0 Å². The Morgan fingerprint density at radius 2 is 2.17 bits per heavy atom. The predicted octanol–water partition coefficient (Wildman–Crippen LogP) is 1.73. The quantitative estimate of drug-likeness (QED) is 0.593. The Kier molecular flexibility index (Phi) is 5.05. The van der Waals surface area contributed by atoms with Gasteiger partial charge in [0.2, 0.25) is 5.95 Å². The van der Waals surface area contributed by atoms with Crippen molar-refractivity contribution in [1.82, 2.24) is 29.9 Å². The third-order valence-electron chi connectivity index (χ3n) is 4.87. The first-order valence-corrected chi connectivity index (χ1v) is 9.52. The molecular formula is C19H24FN7O2.